The number of thiocarbonyl (C=S) groups is 1. The summed E-state index contributed by atoms with van der Waals surface area (Å²) >= 11 is 7.05. The summed E-state index contributed by atoms with van der Waals surface area (Å²) in [6.45, 7) is 0. The summed E-state index contributed by atoms with van der Waals surface area (Å²) in [4.78, 5) is 0. The standard InChI is InChI=1S/C17H15NOS2/c1-19-14-9-7-13(8-10-14)16-11-15(18-17(20)21-16)12-5-3-2-4-6-12/h2-11,16H,1H3,(H,18,20). The maximum Gasteiger partial charge on any atom is 0.139 e. The maximum absolute atomic E-state index is 5.39. The highest BCUT2D eigenvalue weighted by atomic mass is 32.2. The monoisotopic (exact) mass is 313 g/mol. The molecule has 0 saturated heterocycles. The zero-order chi connectivity index (χ0) is 14.7. The second-order valence-electron chi connectivity index (χ2n) is 4.67. The van der Waals surface area contributed by atoms with Gasteiger partial charge in [-0.3, -0.25) is 0 Å². The molecule has 1 atom stereocenters. The molecule has 0 fully saturated rings. The Balaban J connectivity index is 1.92. The molecule has 0 radical (unpaired) electrons. The van der Waals surface area contributed by atoms with E-state index in [-0.39, 0.29) is 5.25 Å². The predicted molar refractivity (Wildman–Crippen MR) is 93.5 cm³/mol. The van der Waals surface area contributed by atoms with Crippen molar-refractivity contribution in [1.29, 1.82) is 0 Å². The predicted octanol–water partition coefficient (Wildman–Crippen LogP) is 4.40. The highest BCUT2D eigenvalue weighted by Crippen LogP contribution is 2.37. The number of hydrogen-bond donors (Lipinski definition) is 1. The van der Waals surface area contributed by atoms with E-state index in [4.69, 9.17) is 17.0 Å². The average molecular weight is 313 g/mol. The van der Waals surface area contributed by atoms with E-state index in [9.17, 15) is 0 Å². The summed E-state index contributed by atoms with van der Waals surface area (Å²) in [5, 5.41) is 3.51. The third kappa shape index (κ3) is 3.28. The van der Waals surface area contributed by atoms with Gasteiger partial charge in [-0.15, -0.1) is 0 Å². The molecule has 2 aromatic carbocycles. The number of benzene rings is 2. The van der Waals surface area contributed by atoms with Crippen molar-refractivity contribution in [1.82, 2.24) is 5.32 Å². The minimum atomic E-state index is 0.222. The van der Waals surface area contributed by atoms with Gasteiger partial charge in [0.25, 0.3) is 0 Å². The van der Waals surface area contributed by atoms with Crippen molar-refractivity contribution in [2.75, 3.05) is 7.11 Å². The van der Waals surface area contributed by atoms with Gasteiger partial charge in [-0.1, -0.05) is 66.4 Å². The topological polar surface area (TPSA) is 21.3 Å². The van der Waals surface area contributed by atoms with Gasteiger partial charge >= 0.3 is 0 Å². The largest absolute Gasteiger partial charge is 0.497 e. The molecule has 0 spiro atoms. The SMILES string of the molecule is COc1ccc(C2C=C(c3ccccc3)NC(=S)S2)cc1. The Morgan fingerprint density at radius 2 is 1.76 bits per heavy atom. The molecule has 106 valence electrons. The zero-order valence-electron chi connectivity index (χ0n) is 11.6. The normalized spacial score (nSPS) is 17.9. The first-order valence-electron chi connectivity index (χ1n) is 6.65. The minimum Gasteiger partial charge on any atom is -0.497 e. The molecule has 0 bridgehead atoms. The summed E-state index contributed by atoms with van der Waals surface area (Å²) in [7, 11) is 1.68. The van der Waals surface area contributed by atoms with E-state index < -0.39 is 0 Å². The van der Waals surface area contributed by atoms with Gasteiger partial charge in [0, 0.05) is 5.70 Å². The van der Waals surface area contributed by atoms with E-state index in [1.54, 1.807) is 18.9 Å². The van der Waals surface area contributed by atoms with Crippen LogP contribution < -0.4 is 10.1 Å². The van der Waals surface area contributed by atoms with Gasteiger partial charge in [0.2, 0.25) is 0 Å². The molecule has 1 heterocycles. The second kappa shape index (κ2) is 6.33. The molecule has 1 aliphatic heterocycles. The Hall–Kier alpha value is -1.78. The summed E-state index contributed by atoms with van der Waals surface area (Å²) in [6.07, 6.45) is 2.22. The van der Waals surface area contributed by atoms with Gasteiger partial charge in [0.1, 0.15) is 10.1 Å². The maximum atomic E-state index is 5.39. The quantitative estimate of drug-likeness (QED) is 0.848. The molecule has 2 aromatic rings. The molecule has 1 unspecified atom stereocenters. The van der Waals surface area contributed by atoms with Gasteiger partial charge in [0.15, 0.2) is 0 Å². The molecular formula is C17H15NOS2. The van der Waals surface area contributed by atoms with Gasteiger partial charge in [-0.05, 0) is 29.3 Å². The van der Waals surface area contributed by atoms with E-state index in [1.165, 1.54) is 5.56 Å². The van der Waals surface area contributed by atoms with Gasteiger partial charge < -0.3 is 10.1 Å². The molecule has 1 N–H and O–H groups in total. The number of hydrogen-bond acceptors (Lipinski definition) is 3. The van der Waals surface area contributed by atoms with Crippen LogP contribution in [-0.4, -0.2) is 11.4 Å². The molecule has 4 heteroatoms. The van der Waals surface area contributed by atoms with Crippen molar-refractivity contribution >= 4 is 34.0 Å². The Morgan fingerprint density at radius 1 is 1.05 bits per heavy atom. The lowest BCUT2D eigenvalue weighted by Crippen LogP contribution is -2.22. The molecule has 0 aromatic heterocycles. The van der Waals surface area contributed by atoms with E-state index in [0.29, 0.717) is 0 Å². The molecule has 0 amide bonds. The molecule has 21 heavy (non-hydrogen) atoms. The van der Waals surface area contributed by atoms with E-state index in [1.807, 2.05) is 30.3 Å². The number of ether oxygens (including phenoxy) is 1. The van der Waals surface area contributed by atoms with Crippen LogP contribution in [0.25, 0.3) is 5.70 Å². The first-order valence-corrected chi connectivity index (χ1v) is 7.94. The van der Waals surface area contributed by atoms with E-state index in [2.05, 4.69) is 35.7 Å². The van der Waals surface area contributed by atoms with Crippen molar-refractivity contribution in [2.24, 2.45) is 0 Å². The van der Waals surface area contributed by atoms with Crippen LogP contribution in [0, 0.1) is 0 Å². The van der Waals surface area contributed by atoms with Crippen LogP contribution in [0.3, 0.4) is 0 Å². The average Bonchev–Trinajstić information content (AvgIpc) is 2.55. The van der Waals surface area contributed by atoms with Crippen LogP contribution in [0.2, 0.25) is 0 Å². The van der Waals surface area contributed by atoms with Crippen LogP contribution >= 0.6 is 24.0 Å². The summed E-state index contributed by atoms with van der Waals surface area (Å²) < 4.78 is 6.01. The van der Waals surface area contributed by atoms with Crippen molar-refractivity contribution in [3.63, 3.8) is 0 Å². The minimum absolute atomic E-state index is 0.222. The zero-order valence-corrected chi connectivity index (χ0v) is 13.2. The highest BCUT2D eigenvalue weighted by molar-refractivity contribution is 8.23. The smallest absolute Gasteiger partial charge is 0.139 e. The van der Waals surface area contributed by atoms with Crippen LogP contribution in [-0.2, 0) is 0 Å². The molecule has 0 saturated carbocycles. The fourth-order valence-electron chi connectivity index (χ4n) is 2.23. The lowest BCUT2D eigenvalue weighted by atomic mass is 10.1. The molecule has 0 aliphatic carbocycles. The Labute approximate surface area is 134 Å². The Bertz CT molecular complexity index is 665. The fourth-order valence-corrected chi connectivity index (χ4v) is 3.54. The molecular weight excluding hydrogens is 298 g/mol. The lowest BCUT2D eigenvalue weighted by Gasteiger charge is -2.23. The Morgan fingerprint density at radius 3 is 2.43 bits per heavy atom. The van der Waals surface area contributed by atoms with Crippen molar-refractivity contribution in [3.8, 4) is 5.75 Å². The summed E-state index contributed by atoms with van der Waals surface area (Å²) in [5.74, 6) is 0.868. The third-order valence-electron chi connectivity index (χ3n) is 3.32. The van der Waals surface area contributed by atoms with E-state index >= 15 is 0 Å². The van der Waals surface area contributed by atoms with Gasteiger partial charge in [-0.2, -0.15) is 0 Å². The van der Waals surface area contributed by atoms with Gasteiger partial charge in [-0.25, -0.2) is 0 Å². The lowest BCUT2D eigenvalue weighted by molar-refractivity contribution is 0.414. The highest BCUT2D eigenvalue weighted by Gasteiger charge is 2.20. The number of nitrogens with one attached hydrogen (secondary N) is 1. The van der Waals surface area contributed by atoms with Gasteiger partial charge in [0.05, 0.1) is 12.4 Å². The molecule has 3 rings (SSSR count). The van der Waals surface area contributed by atoms with E-state index in [0.717, 1.165) is 21.3 Å². The van der Waals surface area contributed by atoms with Crippen LogP contribution in [0.1, 0.15) is 16.4 Å². The first-order chi connectivity index (χ1) is 10.3. The summed E-state index contributed by atoms with van der Waals surface area (Å²) in [6, 6.07) is 18.4. The van der Waals surface area contributed by atoms with Crippen LogP contribution in [0.5, 0.6) is 5.75 Å². The first kappa shape index (κ1) is 14.2. The molecule has 2 nitrogen and oxygen atoms in total. The third-order valence-corrected chi connectivity index (χ3v) is 4.69. The number of rotatable bonds is 3. The number of methoxy groups -OCH3 is 1. The molecule has 1 aliphatic rings. The number of thioether (sulfide) groups is 1. The van der Waals surface area contributed by atoms with Crippen LogP contribution in [0.4, 0.5) is 0 Å². The summed E-state index contributed by atoms with van der Waals surface area (Å²) in [5.41, 5.74) is 3.44. The van der Waals surface area contributed by atoms with Crippen molar-refractivity contribution < 1.29 is 4.74 Å². The Kier molecular flexibility index (Phi) is 4.27. The van der Waals surface area contributed by atoms with Crippen molar-refractivity contribution in [3.05, 3.63) is 71.8 Å². The van der Waals surface area contributed by atoms with Crippen LogP contribution in [0.15, 0.2) is 60.7 Å². The van der Waals surface area contributed by atoms with Crippen molar-refractivity contribution in [2.45, 2.75) is 5.25 Å². The second-order valence-corrected chi connectivity index (χ2v) is 6.49. The fraction of sp³-hybridized carbons (Fsp3) is 0.118.